The van der Waals surface area contributed by atoms with Crippen molar-refractivity contribution in [1.29, 1.82) is 0 Å². The van der Waals surface area contributed by atoms with Gasteiger partial charge in [-0.25, -0.2) is 9.59 Å². The van der Waals surface area contributed by atoms with Crippen LogP contribution < -0.4 is 9.47 Å². The van der Waals surface area contributed by atoms with Crippen molar-refractivity contribution in [3.05, 3.63) is 89.0 Å². The minimum atomic E-state index is -0.459. The van der Waals surface area contributed by atoms with Crippen LogP contribution in [0, 0.1) is 25.7 Å². The van der Waals surface area contributed by atoms with Crippen molar-refractivity contribution in [1.82, 2.24) is 4.90 Å². The third-order valence-corrected chi connectivity index (χ3v) is 7.76. The summed E-state index contributed by atoms with van der Waals surface area (Å²) in [6.45, 7) is 6.48. The summed E-state index contributed by atoms with van der Waals surface area (Å²) in [5, 5.41) is 0. The molecular weight excluding hydrogens is 526 g/mol. The minimum Gasteiger partial charge on any atom is -0.481 e. The quantitative estimate of drug-likeness (QED) is 0.167. The van der Waals surface area contributed by atoms with Gasteiger partial charge in [0.1, 0.15) is 11.5 Å². The number of esters is 1. The van der Waals surface area contributed by atoms with E-state index in [-0.39, 0.29) is 30.8 Å². The Kier molecular flexibility index (Phi) is 9.88. The maximum atomic E-state index is 13.7. The summed E-state index contributed by atoms with van der Waals surface area (Å²) < 4.78 is 16.3. The lowest BCUT2D eigenvalue weighted by Crippen LogP contribution is -2.32. The van der Waals surface area contributed by atoms with E-state index in [1.54, 1.807) is 35.7 Å². The molecule has 1 heterocycles. The predicted molar refractivity (Wildman–Crippen MR) is 155 cm³/mol. The molecule has 40 heavy (non-hydrogen) atoms. The molecule has 1 amide bonds. The lowest BCUT2D eigenvalue weighted by Gasteiger charge is -2.19. The normalized spacial score (nSPS) is 16.4. The smallest absolute Gasteiger partial charge is 0.415 e. The van der Waals surface area contributed by atoms with E-state index in [0.29, 0.717) is 36.6 Å². The number of hydrogen-bond acceptors (Lipinski definition) is 7. The maximum Gasteiger partial charge on any atom is 0.415 e. The van der Waals surface area contributed by atoms with Crippen molar-refractivity contribution in [3.63, 3.8) is 0 Å². The molecule has 0 saturated carbocycles. The van der Waals surface area contributed by atoms with Crippen molar-refractivity contribution >= 4 is 29.6 Å². The average Bonchev–Trinajstić information content (AvgIpc) is 3.36. The number of Topliss-reactive ketones (excluding diaryl/α,β-unsaturated/α-hetero) is 1. The van der Waals surface area contributed by atoms with Crippen LogP contribution in [0.1, 0.15) is 34.0 Å². The summed E-state index contributed by atoms with van der Waals surface area (Å²) in [6.07, 6.45) is 2.14. The summed E-state index contributed by atoms with van der Waals surface area (Å²) in [6, 6.07) is 20.6. The summed E-state index contributed by atoms with van der Waals surface area (Å²) in [5.74, 6) is 0.264. The van der Waals surface area contributed by atoms with Crippen molar-refractivity contribution in [2.45, 2.75) is 32.1 Å². The summed E-state index contributed by atoms with van der Waals surface area (Å²) >= 11 is 1.62. The van der Waals surface area contributed by atoms with E-state index in [4.69, 9.17) is 14.2 Å². The number of aryl methyl sites for hydroxylation is 2. The molecule has 1 aliphatic rings. The third-order valence-electron chi connectivity index (χ3n) is 7.02. The number of ketones is 1. The molecule has 1 unspecified atom stereocenters. The van der Waals surface area contributed by atoms with E-state index >= 15 is 0 Å². The molecule has 4 rings (SSSR count). The second kappa shape index (κ2) is 13.5. The molecular formula is C32H35NO6S. The van der Waals surface area contributed by atoms with Crippen LogP contribution in [0.5, 0.6) is 11.5 Å². The number of ether oxygens (including phenoxy) is 3. The number of thioether (sulfide) groups is 1. The number of hydrogen-bond donors (Lipinski definition) is 0. The number of benzene rings is 3. The third kappa shape index (κ3) is 7.24. The van der Waals surface area contributed by atoms with Crippen LogP contribution in [0.15, 0.2) is 71.6 Å². The zero-order valence-corrected chi connectivity index (χ0v) is 24.2. The van der Waals surface area contributed by atoms with Gasteiger partial charge >= 0.3 is 12.1 Å². The molecule has 2 atom stereocenters. The van der Waals surface area contributed by atoms with Gasteiger partial charge < -0.3 is 19.1 Å². The van der Waals surface area contributed by atoms with Crippen LogP contribution in [-0.2, 0) is 16.0 Å². The molecule has 210 valence electrons. The Morgan fingerprint density at radius 1 is 0.950 bits per heavy atom. The maximum absolute atomic E-state index is 13.7. The van der Waals surface area contributed by atoms with Crippen molar-refractivity contribution in [2.24, 2.45) is 11.8 Å². The number of rotatable bonds is 10. The lowest BCUT2D eigenvalue weighted by atomic mass is 9.84. The van der Waals surface area contributed by atoms with Crippen LogP contribution in [0.4, 0.5) is 4.79 Å². The monoisotopic (exact) mass is 561 g/mol. The van der Waals surface area contributed by atoms with E-state index in [0.717, 1.165) is 21.6 Å². The number of nitrogens with zero attached hydrogens (tertiary/aromatic N) is 1. The fraction of sp³-hybridized carbons (Fsp3) is 0.344. The highest BCUT2D eigenvalue weighted by Crippen LogP contribution is 2.33. The number of carbonyl (C=O) groups excluding carboxylic acids is 3. The van der Waals surface area contributed by atoms with Crippen LogP contribution in [0.2, 0.25) is 0 Å². The molecule has 1 saturated heterocycles. The Labute approximate surface area is 239 Å². The SMILES string of the molecule is CCOC(=O)COc1c(C)cc(C[C@H]2CN(C(=O)Oc3ccccc3)CC2C(=O)c2ccc(SC)cc2)cc1C. The van der Waals surface area contributed by atoms with Crippen LogP contribution in [-0.4, -0.2) is 55.3 Å². The Balaban J connectivity index is 1.54. The largest absolute Gasteiger partial charge is 0.481 e. The van der Waals surface area contributed by atoms with Gasteiger partial charge in [-0.05, 0) is 80.3 Å². The first kappa shape index (κ1) is 29.2. The lowest BCUT2D eigenvalue weighted by molar-refractivity contribution is -0.145. The fourth-order valence-corrected chi connectivity index (χ4v) is 5.58. The van der Waals surface area contributed by atoms with Gasteiger partial charge in [-0.15, -0.1) is 11.8 Å². The molecule has 3 aromatic rings. The topological polar surface area (TPSA) is 82.1 Å². The number of para-hydroxylation sites is 1. The molecule has 1 aliphatic heterocycles. The van der Waals surface area contributed by atoms with E-state index in [1.807, 2.05) is 74.7 Å². The van der Waals surface area contributed by atoms with Gasteiger partial charge in [0.05, 0.1) is 6.61 Å². The van der Waals surface area contributed by atoms with Crippen molar-refractivity contribution in [3.8, 4) is 11.5 Å². The van der Waals surface area contributed by atoms with E-state index < -0.39 is 12.1 Å². The zero-order valence-electron chi connectivity index (χ0n) is 23.3. The van der Waals surface area contributed by atoms with Gasteiger partial charge in [-0.1, -0.05) is 42.5 Å². The number of amides is 1. The van der Waals surface area contributed by atoms with Gasteiger partial charge in [0.25, 0.3) is 0 Å². The summed E-state index contributed by atoms with van der Waals surface area (Å²) in [5.41, 5.74) is 3.47. The van der Waals surface area contributed by atoms with Crippen LogP contribution >= 0.6 is 11.8 Å². The van der Waals surface area contributed by atoms with Crippen LogP contribution in [0.25, 0.3) is 0 Å². The molecule has 0 aromatic heterocycles. The highest BCUT2D eigenvalue weighted by Gasteiger charge is 2.40. The zero-order chi connectivity index (χ0) is 28.6. The Bertz CT molecular complexity index is 1320. The standard InChI is InChI=1S/C32H35NO6S/c1-5-37-29(34)20-38-31-21(2)15-23(16-22(31)3)17-25-18-33(32(36)39-26-9-7-6-8-10-26)19-28(25)30(35)24-11-13-27(40-4)14-12-24/h6-16,25,28H,5,17-20H2,1-4H3/t25-,28?/m0/s1. The average molecular weight is 562 g/mol. The minimum absolute atomic E-state index is 0.0236. The molecule has 7 nitrogen and oxygen atoms in total. The fourth-order valence-electron chi connectivity index (χ4n) is 5.17. The molecule has 0 spiro atoms. The molecule has 0 bridgehead atoms. The first-order chi connectivity index (χ1) is 19.3. The van der Waals surface area contributed by atoms with E-state index in [9.17, 15) is 14.4 Å². The van der Waals surface area contributed by atoms with E-state index in [2.05, 4.69) is 0 Å². The van der Waals surface area contributed by atoms with Gasteiger partial charge in [0, 0.05) is 29.5 Å². The van der Waals surface area contributed by atoms with Crippen LogP contribution in [0.3, 0.4) is 0 Å². The molecule has 3 aromatic carbocycles. The molecule has 8 heteroatoms. The Hall–Kier alpha value is -3.78. The highest BCUT2D eigenvalue weighted by molar-refractivity contribution is 7.98. The van der Waals surface area contributed by atoms with Gasteiger partial charge in [0.2, 0.25) is 0 Å². The highest BCUT2D eigenvalue weighted by atomic mass is 32.2. The first-order valence-electron chi connectivity index (χ1n) is 13.4. The molecule has 0 radical (unpaired) electrons. The predicted octanol–water partition coefficient (Wildman–Crippen LogP) is 6.14. The van der Waals surface area contributed by atoms with Crippen molar-refractivity contribution in [2.75, 3.05) is 32.6 Å². The second-order valence-electron chi connectivity index (χ2n) is 9.90. The summed E-state index contributed by atoms with van der Waals surface area (Å²) in [7, 11) is 0. The first-order valence-corrected chi connectivity index (χ1v) is 14.6. The van der Waals surface area contributed by atoms with E-state index in [1.165, 1.54) is 0 Å². The summed E-state index contributed by atoms with van der Waals surface area (Å²) in [4.78, 5) is 41.3. The molecule has 1 fully saturated rings. The van der Waals surface area contributed by atoms with Crippen molar-refractivity contribution < 1.29 is 28.6 Å². The van der Waals surface area contributed by atoms with Gasteiger partial charge in [0.15, 0.2) is 12.4 Å². The second-order valence-corrected chi connectivity index (χ2v) is 10.8. The molecule has 0 aliphatic carbocycles. The van der Waals surface area contributed by atoms with Gasteiger partial charge in [-0.3, -0.25) is 4.79 Å². The Morgan fingerprint density at radius 2 is 1.62 bits per heavy atom. The number of likely N-dealkylation sites (tertiary alicyclic amines) is 1. The Morgan fingerprint density at radius 3 is 2.25 bits per heavy atom. The molecule has 0 N–H and O–H groups in total. The van der Waals surface area contributed by atoms with Gasteiger partial charge in [-0.2, -0.15) is 0 Å². The number of carbonyl (C=O) groups is 3.